The molecule has 0 rings (SSSR count). The van der Waals surface area contributed by atoms with E-state index in [1.54, 1.807) is 0 Å². The minimum Gasteiger partial charge on any atom is -0.396 e. The summed E-state index contributed by atoms with van der Waals surface area (Å²) in [5, 5.41) is 12.8. The van der Waals surface area contributed by atoms with Gasteiger partial charge in [-0.1, -0.05) is 34.6 Å². The van der Waals surface area contributed by atoms with Gasteiger partial charge in [0.05, 0.1) is 0 Å². The van der Waals surface area contributed by atoms with E-state index in [1.165, 1.54) is 12.8 Å². The van der Waals surface area contributed by atoms with Crippen LogP contribution < -0.4 is 5.32 Å². The Bertz CT molecular complexity index is 158. The Kier molecular flexibility index (Phi) is 8.04. The van der Waals surface area contributed by atoms with Crippen molar-refractivity contribution >= 4 is 0 Å². The molecule has 0 bridgehead atoms. The second-order valence-electron chi connectivity index (χ2n) is 6.07. The lowest BCUT2D eigenvalue weighted by Gasteiger charge is -2.28. The normalized spacial score (nSPS) is 16.1. The Labute approximate surface area is 102 Å². The molecule has 0 spiro atoms. The maximum Gasteiger partial charge on any atom is 0.0471 e. The highest BCUT2D eigenvalue weighted by molar-refractivity contribution is 4.76. The molecule has 0 aliphatic heterocycles. The van der Waals surface area contributed by atoms with Crippen molar-refractivity contribution in [1.82, 2.24) is 5.32 Å². The Balaban J connectivity index is 4.18. The summed E-state index contributed by atoms with van der Waals surface area (Å²) in [4.78, 5) is 0. The smallest absolute Gasteiger partial charge is 0.0471 e. The van der Waals surface area contributed by atoms with Gasteiger partial charge in [-0.3, -0.25) is 0 Å². The number of aliphatic hydroxyl groups is 1. The van der Waals surface area contributed by atoms with Gasteiger partial charge >= 0.3 is 0 Å². The van der Waals surface area contributed by atoms with Crippen LogP contribution in [0, 0.1) is 17.8 Å². The Hall–Kier alpha value is -0.0800. The lowest BCUT2D eigenvalue weighted by molar-refractivity contribution is 0.193. The van der Waals surface area contributed by atoms with Crippen LogP contribution in [0.4, 0.5) is 0 Å². The third-order valence-corrected chi connectivity index (χ3v) is 3.15. The van der Waals surface area contributed by atoms with E-state index in [0.29, 0.717) is 18.0 Å². The van der Waals surface area contributed by atoms with Crippen LogP contribution in [-0.4, -0.2) is 23.8 Å². The van der Waals surface area contributed by atoms with Crippen LogP contribution in [-0.2, 0) is 0 Å². The zero-order valence-corrected chi connectivity index (χ0v) is 12.0. The van der Waals surface area contributed by atoms with Crippen LogP contribution in [0.5, 0.6) is 0 Å². The van der Waals surface area contributed by atoms with Crippen LogP contribution in [0.15, 0.2) is 0 Å². The van der Waals surface area contributed by atoms with E-state index in [2.05, 4.69) is 46.9 Å². The summed E-state index contributed by atoms with van der Waals surface area (Å²) in [6.45, 7) is 13.6. The van der Waals surface area contributed by atoms with Gasteiger partial charge in [-0.15, -0.1) is 0 Å². The number of hydrogen-bond donors (Lipinski definition) is 2. The molecule has 0 aliphatic rings. The zero-order chi connectivity index (χ0) is 12.7. The third kappa shape index (κ3) is 7.24. The Morgan fingerprint density at radius 1 is 0.875 bits per heavy atom. The van der Waals surface area contributed by atoms with Crippen LogP contribution in [0.2, 0.25) is 0 Å². The van der Waals surface area contributed by atoms with Gasteiger partial charge in [-0.2, -0.15) is 0 Å². The predicted octanol–water partition coefficient (Wildman–Crippen LogP) is 3.05. The van der Waals surface area contributed by atoms with Gasteiger partial charge < -0.3 is 10.4 Å². The minimum atomic E-state index is 0.268. The monoisotopic (exact) mass is 229 g/mol. The lowest BCUT2D eigenvalue weighted by Crippen LogP contribution is -2.42. The van der Waals surface area contributed by atoms with Gasteiger partial charge in [0, 0.05) is 18.7 Å². The molecule has 2 atom stereocenters. The molecule has 0 radical (unpaired) electrons. The van der Waals surface area contributed by atoms with Crippen molar-refractivity contribution in [1.29, 1.82) is 0 Å². The van der Waals surface area contributed by atoms with E-state index in [0.717, 1.165) is 11.8 Å². The summed E-state index contributed by atoms with van der Waals surface area (Å²) in [7, 11) is 0. The van der Waals surface area contributed by atoms with Gasteiger partial charge in [0.1, 0.15) is 0 Å². The Morgan fingerprint density at radius 3 is 1.62 bits per heavy atom. The average Bonchev–Trinajstić information content (AvgIpc) is 2.14. The van der Waals surface area contributed by atoms with E-state index >= 15 is 0 Å². The first kappa shape index (κ1) is 15.9. The molecule has 2 heteroatoms. The summed E-state index contributed by atoms with van der Waals surface area (Å²) >= 11 is 0. The highest BCUT2D eigenvalue weighted by Gasteiger charge is 2.18. The molecule has 0 aromatic carbocycles. The topological polar surface area (TPSA) is 32.3 Å². The van der Waals surface area contributed by atoms with Gasteiger partial charge in [0.15, 0.2) is 0 Å². The highest BCUT2D eigenvalue weighted by atomic mass is 16.3. The van der Waals surface area contributed by atoms with Crippen molar-refractivity contribution < 1.29 is 5.11 Å². The molecule has 2 N–H and O–H groups in total. The third-order valence-electron chi connectivity index (χ3n) is 3.15. The molecule has 0 saturated heterocycles. The van der Waals surface area contributed by atoms with Crippen LogP contribution in [0.1, 0.15) is 54.4 Å². The molecule has 0 amide bonds. The molecule has 0 aromatic heterocycles. The van der Waals surface area contributed by atoms with Gasteiger partial charge in [-0.05, 0) is 37.5 Å². The van der Waals surface area contributed by atoms with Crippen LogP contribution >= 0.6 is 0 Å². The summed E-state index contributed by atoms with van der Waals surface area (Å²) < 4.78 is 0. The molecule has 0 aliphatic carbocycles. The molecule has 2 nitrogen and oxygen atoms in total. The van der Waals surface area contributed by atoms with Crippen molar-refractivity contribution in [2.45, 2.75) is 66.5 Å². The van der Waals surface area contributed by atoms with Gasteiger partial charge in [0.2, 0.25) is 0 Å². The SMILES string of the molecule is CC(C)CC(CC(C)C)NC(C)C(C)CO. The molecule has 0 saturated carbocycles. The van der Waals surface area contributed by atoms with E-state index in [9.17, 15) is 0 Å². The summed E-state index contributed by atoms with van der Waals surface area (Å²) in [6, 6.07) is 0.983. The summed E-state index contributed by atoms with van der Waals surface area (Å²) in [6.07, 6.45) is 2.45. The largest absolute Gasteiger partial charge is 0.396 e. The fourth-order valence-corrected chi connectivity index (χ4v) is 2.06. The average molecular weight is 229 g/mol. The molecule has 0 aromatic rings. The highest BCUT2D eigenvalue weighted by Crippen LogP contribution is 2.15. The number of rotatable bonds is 8. The van der Waals surface area contributed by atoms with Crippen molar-refractivity contribution in [3.63, 3.8) is 0 Å². The quantitative estimate of drug-likeness (QED) is 0.670. The number of nitrogens with one attached hydrogen (secondary N) is 1. The first-order valence-electron chi connectivity index (χ1n) is 6.73. The predicted molar refractivity (Wildman–Crippen MR) is 71.5 cm³/mol. The first-order chi connectivity index (χ1) is 7.36. The summed E-state index contributed by atoms with van der Waals surface area (Å²) in [5.74, 6) is 1.79. The molecule has 98 valence electrons. The van der Waals surface area contributed by atoms with Gasteiger partial charge in [-0.25, -0.2) is 0 Å². The molecule has 16 heavy (non-hydrogen) atoms. The maximum absolute atomic E-state index is 9.14. The molecule has 2 unspecified atom stereocenters. The molecular weight excluding hydrogens is 198 g/mol. The van der Waals surface area contributed by atoms with Gasteiger partial charge in [0.25, 0.3) is 0 Å². The van der Waals surface area contributed by atoms with Crippen LogP contribution in [0.3, 0.4) is 0 Å². The fraction of sp³-hybridized carbons (Fsp3) is 1.00. The maximum atomic E-state index is 9.14. The second kappa shape index (κ2) is 8.08. The van der Waals surface area contributed by atoms with Crippen molar-refractivity contribution in [2.24, 2.45) is 17.8 Å². The molecule has 0 heterocycles. The van der Waals surface area contributed by atoms with E-state index in [-0.39, 0.29) is 6.61 Å². The Morgan fingerprint density at radius 2 is 1.31 bits per heavy atom. The minimum absolute atomic E-state index is 0.268. The van der Waals surface area contributed by atoms with Crippen molar-refractivity contribution in [3.05, 3.63) is 0 Å². The summed E-state index contributed by atoms with van der Waals surface area (Å²) in [5.41, 5.74) is 0. The fourth-order valence-electron chi connectivity index (χ4n) is 2.06. The standard InChI is InChI=1S/C14H31NO/c1-10(2)7-14(8-11(3)4)15-13(6)12(5)9-16/h10-16H,7-9H2,1-6H3. The second-order valence-corrected chi connectivity index (χ2v) is 6.07. The molecule has 0 fully saturated rings. The van der Waals surface area contributed by atoms with Crippen molar-refractivity contribution in [2.75, 3.05) is 6.61 Å². The van der Waals surface area contributed by atoms with Crippen LogP contribution in [0.25, 0.3) is 0 Å². The first-order valence-corrected chi connectivity index (χ1v) is 6.73. The zero-order valence-electron chi connectivity index (χ0n) is 12.0. The van der Waals surface area contributed by atoms with E-state index in [4.69, 9.17) is 5.11 Å². The van der Waals surface area contributed by atoms with E-state index in [1.807, 2.05) is 0 Å². The number of hydrogen-bond acceptors (Lipinski definition) is 2. The van der Waals surface area contributed by atoms with E-state index < -0.39 is 0 Å². The lowest BCUT2D eigenvalue weighted by atomic mass is 9.93. The van der Waals surface area contributed by atoms with Crippen molar-refractivity contribution in [3.8, 4) is 0 Å². The number of aliphatic hydroxyl groups excluding tert-OH is 1. The molecular formula is C14H31NO.